The maximum Gasteiger partial charge on any atom is 0.257 e. The molecule has 5 nitrogen and oxygen atoms in total. The van der Waals surface area contributed by atoms with Gasteiger partial charge in [0.15, 0.2) is 5.17 Å². The predicted octanol–water partition coefficient (Wildman–Crippen LogP) is 1.29. The number of fused-ring (bicyclic) bond motifs is 1. The predicted molar refractivity (Wildman–Crippen MR) is 82.5 cm³/mol. The van der Waals surface area contributed by atoms with E-state index in [0.717, 1.165) is 12.2 Å². The fourth-order valence-electron chi connectivity index (χ4n) is 2.58. The third-order valence-electron chi connectivity index (χ3n) is 3.79. The molecule has 3 rings (SSSR count). The second kappa shape index (κ2) is 6.60. The summed E-state index contributed by atoms with van der Waals surface area (Å²) < 4.78 is 5.56. The molecule has 3 atom stereocenters. The first-order valence-corrected chi connectivity index (χ1v) is 8.04. The molecule has 0 aromatic heterocycles. The van der Waals surface area contributed by atoms with Gasteiger partial charge in [0.25, 0.3) is 5.91 Å². The lowest BCUT2D eigenvalue weighted by Gasteiger charge is -2.36. The molecular weight excluding hydrogens is 288 g/mol. The molecule has 2 heterocycles. The molecule has 0 aliphatic carbocycles. The summed E-state index contributed by atoms with van der Waals surface area (Å²) in [5.74, 6) is 1.18. The van der Waals surface area contributed by atoms with Gasteiger partial charge in [0, 0.05) is 11.3 Å². The van der Waals surface area contributed by atoms with Gasteiger partial charge in [-0.3, -0.25) is 9.79 Å². The molecule has 2 aliphatic heterocycles. The van der Waals surface area contributed by atoms with Crippen molar-refractivity contribution >= 4 is 22.8 Å². The van der Waals surface area contributed by atoms with Gasteiger partial charge in [-0.2, -0.15) is 0 Å². The lowest BCUT2D eigenvalue weighted by atomic mass is 9.93. The number of ether oxygens (including phenoxy) is 1. The van der Waals surface area contributed by atoms with E-state index in [1.165, 1.54) is 0 Å². The fraction of sp³-hybridized carbons (Fsp3) is 0.467. The van der Waals surface area contributed by atoms with Gasteiger partial charge in [0.05, 0.1) is 25.4 Å². The van der Waals surface area contributed by atoms with Gasteiger partial charge in [-0.05, 0) is 24.5 Å². The van der Waals surface area contributed by atoms with Crippen molar-refractivity contribution in [3.63, 3.8) is 0 Å². The van der Waals surface area contributed by atoms with Crippen LogP contribution in [0.15, 0.2) is 35.3 Å². The minimum absolute atomic E-state index is 0.0647. The number of thioether (sulfide) groups is 1. The molecule has 0 saturated carbocycles. The second-order valence-corrected chi connectivity index (χ2v) is 6.28. The molecule has 2 N–H and O–H groups in total. The Morgan fingerprint density at radius 1 is 1.43 bits per heavy atom. The zero-order valence-corrected chi connectivity index (χ0v) is 12.4. The minimum Gasteiger partial charge on any atom is -0.394 e. The largest absolute Gasteiger partial charge is 0.394 e. The Morgan fingerprint density at radius 2 is 2.24 bits per heavy atom. The summed E-state index contributed by atoms with van der Waals surface area (Å²) in [6.07, 6.45) is 0.764. The van der Waals surface area contributed by atoms with Crippen LogP contribution in [0.25, 0.3) is 0 Å². The van der Waals surface area contributed by atoms with E-state index in [0.29, 0.717) is 23.3 Å². The highest BCUT2D eigenvalue weighted by atomic mass is 32.2. The molecule has 1 aromatic rings. The van der Waals surface area contributed by atoms with Crippen LogP contribution < -0.4 is 5.32 Å². The van der Waals surface area contributed by atoms with Crippen LogP contribution in [-0.4, -0.2) is 47.3 Å². The number of carbonyl (C=O) groups is 1. The molecule has 0 bridgehead atoms. The van der Waals surface area contributed by atoms with Gasteiger partial charge in [-0.25, -0.2) is 0 Å². The number of rotatable bonds is 2. The van der Waals surface area contributed by atoms with Crippen LogP contribution >= 0.6 is 11.8 Å². The Balaban J connectivity index is 1.63. The van der Waals surface area contributed by atoms with Crippen LogP contribution in [-0.2, 0) is 4.74 Å². The molecule has 0 radical (unpaired) electrons. The number of hydrogen-bond donors (Lipinski definition) is 2. The number of aliphatic hydroxyl groups is 1. The smallest absolute Gasteiger partial charge is 0.257 e. The Labute approximate surface area is 127 Å². The van der Waals surface area contributed by atoms with Gasteiger partial charge in [0.2, 0.25) is 0 Å². The van der Waals surface area contributed by atoms with Gasteiger partial charge < -0.3 is 15.2 Å². The molecule has 6 heteroatoms. The van der Waals surface area contributed by atoms with E-state index < -0.39 is 0 Å². The number of amidine groups is 1. The third-order valence-corrected chi connectivity index (χ3v) is 4.87. The molecular formula is C15H18N2O3S. The lowest BCUT2D eigenvalue weighted by molar-refractivity contribution is -0.0432. The van der Waals surface area contributed by atoms with Crippen molar-refractivity contribution < 1.29 is 14.6 Å². The summed E-state index contributed by atoms with van der Waals surface area (Å²) in [5.41, 5.74) is 0.628. The van der Waals surface area contributed by atoms with E-state index in [1.807, 2.05) is 18.2 Å². The highest BCUT2D eigenvalue weighted by Crippen LogP contribution is 2.30. The van der Waals surface area contributed by atoms with E-state index in [9.17, 15) is 4.79 Å². The van der Waals surface area contributed by atoms with Gasteiger partial charge >= 0.3 is 0 Å². The molecule has 1 aromatic carbocycles. The average molecular weight is 306 g/mol. The van der Waals surface area contributed by atoms with Crippen molar-refractivity contribution in [3.8, 4) is 0 Å². The maximum absolute atomic E-state index is 12.1. The maximum atomic E-state index is 12.1. The number of aliphatic hydroxyl groups excluding tert-OH is 1. The number of amides is 1. The second-order valence-electron chi connectivity index (χ2n) is 5.27. The number of nitrogens with one attached hydrogen (secondary N) is 1. The zero-order chi connectivity index (χ0) is 14.7. The topological polar surface area (TPSA) is 70.9 Å². The molecule has 0 spiro atoms. The van der Waals surface area contributed by atoms with Crippen LogP contribution in [0.1, 0.15) is 16.8 Å². The first-order chi connectivity index (χ1) is 10.3. The Morgan fingerprint density at radius 3 is 3.00 bits per heavy atom. The summed E-state index contributed by atoms with van der Waals surface area (Å²) in [7, 11) is 0. The van der Waals surface area contributed by atoms with Crippen molar-refractivity contribution in [1.29, 1.82) is 0 Å². The van der Waals surface area contributed by atoms with Crippen molar-refractivity contribution in [3.05, 3.63) is 35.9 Å². The van der Waals surface area contributed by atoms with Crippen LogP contribution in [0.4, 0.5) is 0 Å². The summed E-state index contributed by atoms with van der Waals surface area (Å²) in [6.45, 7) is 0.580. The molecule has 21 heavy (non-hydrogen) atoms. The SMILES string of the molecule is O=C(NC1=NC2COC(CO)CC2CS1)c1ccccc1. The highest BCUT2D eigenvalue weighted by molar-refractivity contribution is 8.13. The molecule has 1 amide bonds. The molecule has 1 saturated heterocycles. The van der Waals surface area contributed by atoms with E-state index in [1.54, 1.807) is 23.9 Å². The van der Waals surface area contributed by atoms with Crippen molar-refractivity contribution in [2.75, 3.05) is 19.0 Å². The number of carbonyl (C=O) groups excluding carboxylic acids is 1. The van der Waals surface area contributed by atoms with E-state index in [4.69, 9.17) is 9.84 Å². The monoisotopic (exact) mass is 306 g/mol. The summed E-state index contributed by atoms with van der Waals surface area (Å²) >= 11 is 1.57. The van der Waals surface area contributed by atoms with Gasteiger partial charge in [-0.1, -0.05) is 30.0 Å². The van der Waals surface area contributed by atoms with Gasteiger partial charge in [0.1, 0.15) is 0 Å². The van der Waals surface area contributed by atoms with Crippen molar-refractivity contribution in [2.24, 2.45) is 10.9 Å². The van der Waals surface area contributed by atoms with Gasteiger partial charge in [-0.15, -0.1) is 0 Å². The standard InChI is InChI=1S/C15H18N2O3S/c18-7-12-6-11-9-21-15(16-13(11)8-20-12)17-14(19)10-4-2-1-3-5-10/h1-5,11-13,18H,6-9H2,(H,16,17,19). The van der Waals surface area contributed by atoms with E-state index in [-0.39, 0.29) is 24.7 Å². The molecule has 112 valence electrons. The van der Waals surface area contributed by atoms with Crippen LogP contribution in [0, 0.1) is 5.92 Å². The molecule has 3 unspecified atom stereocenters. The van der Waals surface area contributed by atoms with E-state index >= 15 is 0 Å². The normalized spacial score (nSPS) is 28.4. The molecule has 2 aliphatic rings. The van der Waals surface area contributed by atoms with Crippen LogP contribution in [0.5, 0.6) is 0 Å². The van der Waals surface area contributed by atoms with Crippen LogP contribution in [0.2, 0.25) is 0 Å². The number of benzene rings is 1. The first kappa shape index (κ1) is 14.6. The quantitative estimate of drug-likeness (QED) is 0.863. The third kappa shape index (κ3) is 3.45. The minimum atomic E-state index is -0.134. The van der Waals surface area contributed by atoms with E-state index in [2.05, 4.69) is 10.3 Å². The first-order valence-electron chi connectivity index (χ1n) is 7.05. The van der Waals surface area contributed by atoms with Crippen molar-refractivity contribution in [1.82, 2.24) is 5.32 Å². The fourth-order valence-corrected chi connectivity index (χ4v) is 3.69. The summed E-state index contributed by atoms with van der Waals surface area (Å²) in [5, 5.41) is 12.7. The summed E-state index contributed by atoms with van der Waals surface area (Å²) in [4.78, 5) is 16.7. The number of aliphatic imine (C=N–C) groups is 1. The number of hydrogen-bond acceptors (Lipinski definition) is 5. The molecule has 1 fully saturated rings. The average Bonchev–Trinajstić information content (AvgIpc) is 2.55. The summed E-state index contributed by atoms with van der Waals surface area (Å²) in [6, 6.07) is 9.20. The Bertz CT molecular complexity index is 535. The van der Waals surface area contributed by atoms with Crippen molar-refractivity contribution in [2.45, 2.75) is 18.6 Å². The zero-order valence-electron chi connectivity index (χ0n) is 11.6. The number of nitrogens with zero attached hydrogens (tertiary/aromatic N) is 1. The highest BCUT2D eigenvalue weighted by Gasteiger charge is 2.34. The Hall–Kier alpha value is -1.37. The van der Waals surface area contributed by atoms with Crippen LogP contribution in [0.3, 0.4) is 0 Å². The Kier molecular flexibility index (Phi) is 4.57. The lowest BCUT2D eigenvalue weighted by Crippen LogP contribution is -2.44.